The molecule has 7 nitrogen and oxygen atoms in total. The summed E-state index contributed by atoms with van der Waals surface area (Å²) in [6.07, 6.45) is 0. The van der Waals surface area contributed by atoms with Crippen LogP contribution >= 0.6 is 23.8 Å². The van der Waals surface area contributed by atoms with Crippen LogP contribution in [0.3, 0.4) is 0 Å². The Morgan fingerprint density at radius 3 is 2.84 bits per heavy atom. The average Bonchev–Trinajstić information content (AvgIpc) is 3.00. The quantitative estimate of drug-likeness (QED) is 0.482. The molecule has 0 saturated carbocycles. The Morgan fingerprint density at radius 2 is 2.00 bits per heavy atom. The van der Waals surface area contributed by atoms with E-state index in [1.165, 1.54) is 4.68 Å². The Morgan fingerprint density at radius 1 is 1.20 bits per heavy atom. The summed E-state index contributed by atoms with van der Waals surface area (Å²) in [5.41, 5.74) is 8.33. The van der Waals surface area contributed by atoms with Crippen LogP contribution in [-0.2, 0) is 11.3 Å². The van der Waals surface area contributed by atoms with E-state index >= 15 is 0 Å². The number of nitrogens with one attached hydrogen (secondary N) is 3. The molecule has 0 fully saturated rings. The van der Waals surface area contributed by atoms with E-state index in [1.807, 2.05) is 43.3 Å². The lowest BCUT2D eigenvalue weighted by molar-refractivity contribution is -0.122. The highest BCUT2D eigenvalue weighted by Gasteiger charge is 2.09. The fourth-order valence-corrected chi connectivity index (χ4v) is 2.57. The maximum atomic E-state index is 12.1. The molecule has 2 aromatic carbocycles. The van der Waals surface area contributed by atoms with Gasteiger partial charge in [-0.05, 0) is 49.0 Å². The highest BCUT2D eigenvalue weighted by Crippen LogP contribution is 2.22. The van der Waals surface area contributed by atoms with Gasteiger partial charge in [-0.15, -0.1) is 5.10 Å². The van der Waals surface area contributed by atoms with Gasteiger partial charge in [0.25, 0.3) is 5.91 Å². The van der Waals surface area contributed by atoms with Gasteiger partial charge in [-0.3, -0.25) is 15.6 Å². The van der Waals surface area contributed by atoms with Crippen molar-refractivity contribution in [1.82, 2.24) is 25.8 Å². The van der Waals surface area contributed by atoms with Crippen LogP contribution in [-0.4, -0.2) is 26.0 Å². The number of carbonyl (C=O) groups is 1. The molecular formula is C16H15ClN6OS. The zero-order valence-electron chi connectivity index (χ0n) is 13.3. The topological polar surface area (TPSA) is 83.9 Å². The molecule has 0 aliphatic heterocycles. The number of rotatable bonds is 3. The maximum absolute atomic E-state index is 12.1. The monoisotopic (exact) mass is 374 g/mol. The second-order valence-corrected chi connectivity index (χ2v) is 6.09. The van der Waals surface area contributed by atoms with Gasteiger partial charge in [-0.2, -0.15) is 0 Å². The molecule has 128 valence electrons. The predicted octanol–water partition coefficient (Wildman–Crippen LogP) is 2.41. The summed E-state index contributed by atoms with van der Waals surface area (Å²) in [5, 5.41) is 11.8. The van der Waals surface area contributed by atoms with E-state index in [4.69, 9.17) is 23.8 Å². The minimum atomic E-state index is -0.303. The Balaban J connectivity index is 1.55. The second-order valence-electron chi connectivity index (χ2n) is 5.28. The SMILES string of the molecule is Cc1c(Cl)cccc1NC(=S)NNC(=O)Cn1nnc2ccccc21. The van der Waals surface area contributed by atoms with Gasteiger partial charge >= 0.3 is 0 Å². The van der Waals surface area contributed by atoms with Crippen molar-refractivity contribution in [3.8, 4) is 0 Å². The van der Waals surface area contributed by atoms with Crippen molar-refractivity contribution in [1.29, 1.82) is 0 Å². The molecule has 0 spiro atoms. The second kappa shape index (κ2) is 7.45. The number of carbonyl (C=O) groups excluding carboxylic acids is 1. The minimum absolute atomic E-state index is 0.0202. The van der Waals surface area contributed by atoms with Gasteiger partial charge in [-0.1, -0.05) is 35.0 Å². The van der Waals surface area contributed by atoms with Gasteiger partial charge in [0.05, 0.1) is 5.52 Å². The van der Waals surface area contributed by atoms with Gasteiger partial charge in [-0.25, -0.2) is 4.68 Å². The summed E-state index contributed by atoms with van der Waals surface area (Å²) in [4.78, 5) is 12.1. The average molecular weight is 375 g/mol. The lowest BCUT2D eigenvalue weighted by atomic mass is 10.2. The lowest BCUT2D eigenvalue weighted by Gasteiger charge is -2.13. The molecule has 0 aliphatic rings. The van der Waals surface area contributed by atoms with Crippen LogP contribution in [0, 0.1) is 6.92 Å². The summed E-state index contributed by atoms with van der Waals surface area (Å²) >= 11 is 11.2. The number of anilines is 1. The molecule has 0 saturated heterocycles. The molecule has 1 aromatic heterocycles. The minimum Gasteiger partial charge on any atom is -0.331 e. The van der Waals surface area contributed by atoms with Crippen LogP contribution in [0.25, 0.3) is 11.0 Å². The number of hydrogen-bond acceptors (Lipinski definition) is 4. The van der Waals surface area contributed by atoms with Crippen LogP contribution < -0.4 is 16.2 Å². The van der Waals surface area contributed by atoms with E-state index in [-0.39, 0.29) is 17.6 Å². The number of hydrazine groups is 1. The van der Waals surface area contributed by atoms with Crippen LogP contribution in [0.5, 0.6) is 0 Å². The standard InChI is InChI=1S/C16H15ClN6OS/c1-10-11(17)5-4-7-12(10)18-16(25)21-20-15(24)9-23-14-8-3-2-6-13(14)19-22-23/h2-8H,9H2,1H3,(H,20,24)(H2,18,21,25). The first-order chi connectivity index (χ1) is 12.0. The molecule has 0 aliphatic carbocycles. The van der Waals surface area contributed by atoms with Gasteiger partial charge in [0.15, 0.2) is 5.11 Å². The Hall–Kier alpha value is -2.71. The molecule has 0 radical (unpaired) electrons. The summed E-state index contributed by atoms with van der Waals surface area (Å²) in [5.74, 6) is -0.303. The summed E-state index contributed by atoms with van der Waals surface area (Å²) in [7, 11) is 0. The fraction of sp³-hybridized carbons (Fsp3) is 0.125. The van der Waals surface area contributed by atoms with E-state index in [2.05, 4.69) is 26.5 Å². The maximum Gasteiger partial charge on any atom is 0.260 e. The van der Waals surface area contributed by atoms with E-state index in [0.29, 0.717) is 5.02 Å². The van der Waals surface area contributed by atoms with Crippen molar-refractivity contribution in [2.24, 2.45) is 0 Å². The Kier molecular flexibility index (Phi) is 5.11. The number of thiocarbonyl (C=S) groups is 1. The number of amides is 1. The zero-order chi connectivity index (χ0) is 17.8. The molecule has 1 amide bonds. The zero-order valence-corrected chi connectivity index (χ0v) is 14.9. The van der Waals surface area contributed by atoms with Crippen molar-refractivity contribution in [2.45, 2.75) is 13.5 Å². The first-order valence-corrected chi connectivity index (χ1v) is 8.22. The molecule has 0 unspecified atom stereocenters. The number of aromatic nitrogens is 3. The van der Waals surface area contributed by atoms with Gasteiger partial charge in [0.2, 0.25) is 0 Å². The number of hydrogen-bond donors (Lipinski definition) is 3. The molecule has 0 bridgehead atoms. The van der Waals surface area contributed by atoms with E-state index in [9.17, 15) is 4.79 Å². The number of benzene rings is 2. The van der Waals surface area contributed by atoms with E-state index < -0.39 is 0 Å². The van der Waals surface area contributed by atoms with Gasteiger partial charge < -0.3 is 5.32 Å². The Labute approximate surface area is 154 Å². The molecule has 1 heterocycles. The van der Waals surface area contributed by atoms with Gasteiger partial charge in [0.1, 0.15) is 12.1 Å². The van der Waals surface area contributed by atoms with Crippen molar-refractivity contribution < 1.29 is 4.79 Å². The third kappa shape index (κ3) is 4.04. The van der Waals surface area contributed by atoms with E-state index in [1.54, 1.807) is 6.07 Å². The first kappa shape index (κ1) is 17.1. The van der Waals surface area contributed by atoms with Crippen LogP contribution in [0.2, 0.25) is 5.02 Å². The van der Waals surface area contributed by atoms with Crippen molar-refractivity contribution in [2.75, 3.05) is 5.32 Å². The van der Waals surface area contributed by atoms with Crippen molar-refractivity contribution in [3.05, 3.63) is 53.1 Å². The van der Waals surface area contributed by atoms with Crippen molar-refractivity contribution in [3.63, 3.8) is 0 Å². The van der Waals surface area contributed by atoms with Gasteiger partial charge in [0, 0.05) is 10.7 Å². The molecular weight excluding hydrogens is 360 g/mol. The predicted molar refractivity (Wildman–Crippen MR) is 101 cm³/mol. The number of fused-ring (bicyclic) bond motifs is 1. The largest absolute Gasteiger partial charge is 0.331 e. The highest BCUT2D eigenvalue weighted by molar-refractivity contribution is 7.80. The Bertz CT molecular complexity index is 941. The number of halogens is 1. The molecule has 25 heavy (non-hydrogen) atoms. The summed E-state index contributed by atoms with van der Waals surface area (Å²) < 4.78 is 1.52. The molecule has 0 atom stereocenters. The smallest absolute Gasteiger partial charge is 0.260 e. The van der Waals surface area contributed by atoms with Crippen molar-refractivity contribution >= 4 is 51.6 Å². The third-order valence-electron chi connectivity index (χ3n) is 3.54. The van der Waals surface area contributed by atoms with Crippen LogP contribution in [0.15, 0.2) is 42.5 Å². The molecule has 3 N–H and O–H groups in total. The van der Waals surface area contributed by atoms with Crippen LogP contribution in [0.4, 0.5) is 5.69 Å². The number of para-hydroxylation sites is 1. The third-order valence-corrected chi connectivity index (χ3v) is 4.16. The molecule has 3 aromatic rings. The molecule has 3 rings (SSSR count). The summed E-state index contributed by atoms with van der Waals surface area (Å²) in [6, 6.07) is 12.9. The normalized spacial score (nSPS) is 10.5. The van der Waals surface area contributed by atoms with E-state index in [0.717, 1.165) is 22.3 Å². The summed E-state index contributed by atoms with van der Waals surface area (Å²) in [6.45, 7) is 1.90. The van der Waals surface area contributed by atoms with Crippen LogP contribution in [0.1, 0.15) is 5.56 Å². The lowest BCUT2D eigenvalue weighted by Crippen LogP contribution is -2.45. The highest BCUT2D eigenvalue weighted by atomic mass is 35.5. The first-order valence-electron chi connectivity index (χ1n) is 7.44. The molecule has 9 heteroatoms. The fourth-order valence-electron chi connectivity index (χ4n) is 2.23. The number of nitrogens with zero attached hydrogens (tertiary/aromatic N) is 3.